The highest BCUT2D eigenvalue weighted by Crippen LogP contribution is 2.54. The van der Waals surface area contributed by atoms with E-state index >= 15 is 0 Å². The molecule has 1 aliphatic rings. The van der Waals surface area contributed by atoms with Crippen molar-refractivity contribution in [3.8, 4) is 45.6 Å². The van der Waals surface area contributed by atoms with Gasteiger partial charge in [-0.2, -0.15) is 0 Å². The fourth-order valence-electron chi connectivity index (χ4n) is 3.99. The number of rotatable bonds is 6. The molecule has 0 fully saturated rings. The molecule has 1 aliphatic carbocycles. The molecule has 0 bridgehead atoms. The van der Waals surface area contributed by atoms with Gasteiger partial charge in [0.25, 0.3) is 0 Å². The molecule has 0 amide bonds. The van der Waals surface area contributed by atoms with E-state index < -0.39 is 0 Å². The Morgan fingerprint density at radius 2 is 0.857 bits per heavy atom. The first-order valence-electron chi connectivity index (χ1n) is 9.29. The zero-order valence-corrected chi connectivity index (χ0v) is 17.4. The number of hydrogen-bond donors (Lipinski definition) is 0. The smallest absolute Gasteiger partial charge is 0.203 e. The highest BCUT2D eigenvalue weighted by atomic mass is 16.5. The first-order chi connectivity index (χ1) is 13.6. The molecular formula is C22H28O6. The number of methoxy groups -OCH3 is 6. The number of hydrogen-bond acceptors (Lipinski definition) is 6. The number of ether oxygens (including phenoxy) is 6. The van der Waals surface area contributed by atoms with Gasteiger partial charge in [-0.05, 0) is 48.9 Å². The van der Waals surface area contributed by atoms with Crippen LogP contribution in [0.15, 0.2) is 12.1 Å². The summed E-state index contributed by atoms with van der Waals surface area (Å²) in [4.78, 5) is 0. The molecule has 2 aromatic rings. The molecule has 6 nitrogen and oxygen atoms in total. The van der Waals surface area contributed by atoms with Gasteiger partial charge in [-0.15, -0.1) is 0 Å². The van der Waals surface area contributed by atoms with Gasteiger partial charge >= 0.3 is 0 Å². The van der Waals surface area contributed by atoms with Crippen LogP contribution in [0.5, 0.6) is 34.5 Å². The van der Waals surface area contributed by atoms with Crippen LogP contribution < -0.4 is 28.4 Å². The van der Waals surface area contributed by atoms with E-state index in [-0.39, 0.29) is 0 Å². The zero-order valence-electron chi connectivity index (χ0n) is 17.4. The lowest BCUT2D eigenvalue weighted by Gasteiger charge is -2.26. The molecule has 0 unspecified atom stereocenters. The minimum Gasteiger partial charge on any atom is -0.493 e. The van der Waals surface area contributed by atoms with Gasteiger partial charge in [0.05, 0.1) is 42.7 Å². The van der Waals surface area contributed by atoms with E-state index in [1.54, 1.807) is 42.7 Å². The molecule has 3 rings (SSSR count). The molecule has 0 saturated heterocycles. The van der Waals surface area contributed by atoms with Crippen LogP contribution in [0.1, 0.15) is 24.0 Å². The molecule has 28 heavy (non-hydrogen) atoms. The van der Waals surface area contributed by atoms with E-state index in [4.69, 9.17) is 28.4 Å². The molecule has 0 heterocycles. The van der Waals surface area contributed by atoms with Crippen molar-refractivity contribution in [2.24, 2.45) is 0 Å². The predicted molar refractivity (Wildman–Crippen MR) is 108 cm³/mol. The molecule has 0 saturated carbocycles. The molecule has 0 radical (unpaired) electrons. The summed E-state index contributed by atoms with van der Waals surface area (Å²) in [7, 11) is 9.78. The number of benzene rings is 2. The first kappa shape index (κ1) is 20.0. The van der Waals surface area contributed by atoms with Crippen molar-refractivity contribution in [3.63, 3.8) is 0 Å². The summed E-state index contributed by atoms with van der Waals surface area (Å²) in [5.74, 6) is 3.69. The molecule has 152 valence electrons. The Kier molecular flexibility index (Phi) is 6.07. The maximum absolute atomic E-state index is 5.83. The summed E-state index contributed by atoms with van der Waals surface area (Å²) in [5.41, 5.74) is 4.15. The largest absolute Gasteiger partial charge is 0.493 e. The van der Waals surface area contributed by atoms with Crippen molar-refractivity contribution in [1.29, 1.82) is 0 Å². The maximum Gasteiger partial charge on any atom is 0.203 e. The molecule has 0 aliphatic heterocycles. The van der Waals surface area contributed by atoms with Gasteiger partial charge in [0.15, 0.2) is 23.0 Å². The summed E-state index contributed by atoms with van der Waals surface area (Å²) >= 11 is 0. The Hall–Kier alpha value is -2.76. The quantitative estimate of drug-likeness (QED) is 0.736. The molecule has 0 N–H and O–H groups in total. The minimum atomic E-state index is 0.562. The van der Waals surface area contributed by atoms with Gasteiger partial charge in [-0.3, -0.25) is 0 Å². The molecule has 2 aromatic carbocycles. The van der Waals surface area contributed by atoms with Crippen molar-refractivity contribution in [2.75, 3.05) is 42.7 Å². The van der Waals surface area contributed by atoms with Crippen molar-refractivity contribution >= 4 is 0 Å². The molecule has 0 atom stereocenters. The SMILES string of the molecule is COc1cc2c(c(OC)c1OC)-c1c(cc(OC)c(OC)c1OC)CCCC2. The first-order valence-corrected chi connectivity index (χ1v) is 9.29. The lowest BCUT2D eigenvalue weighted by molar-refractivity contribution is 0.321. The summed E-state index contributed by atoms with van der Waals surface area (Å²) in [6.45, 7) is 0. The van der Waals surface area contributed by atoms with E-state index in [0.717, 1.165) is 47.9 Å². The van der Waals surface area contributed by atoms with Crippen LogP contribution in [-0.4, -0.2) is 42.7 Å². The summed E-state index contributed by atoms with van der Waals surface area (Å²) in [6, 6.07) is 4.06. The second-order valence-electron chi connectivity index (χ2n) is 6.57. The highest BCUT2D eigenvalue weighted by molar-refractivity contribution is 5.88. The van der Waals surface area contributed by atoms with E-state index in [0.29, 0.717) is 34.5 Å². The molecular weight excluding hydrogens is 360 g/mol. The Labute approximate surface area is 166 Å². The summed E-state index contributed by atoms with van der Waals surface area (Å²) in [5, 5.41) is 0. The minimum absolute atomic E-state index is 0.562. The average molecular weight is 388 g/mol. The van der Waals surface area contributed by atoms with Gasteiger partial charge < -0.3 is 28.4 Å². The third kappa shape index (κ3) is 3.17. The van der Waals surface area contributed by atoms with Crippen LogP contribution in [0.3, 0.4) is 0 Å². The topological polar surface area (TPSA) is 55.4 Å². The fourth-order valence-corrected chi connectivity index (χ4v) is 3.99. The van der Waals surface area contributed by atoms with Crippen molar-refractivity contribution in [3.05, 3.63) is 23.3 Å². The highest BCUT2D eigenvalue weighted by Gasteiger charge is 2.30. The van der Waals surface area contributed by atoms with E-state index in [9.17, 15) is 0 Å². The number of aryl methyl sites for hydroxylation is 2. The molecule has 0 spiro atoms. The van der Waals surface area contributed by atoms with Gasteiger partial charge in [0.1, 0.15) is 0 Å². The van der Waals surface area contributed by atoms with Gasteiger partial charge in [0, 0.05) is 11.1 Å². The summed E-state index contributed by atoms with van der Waals surface area (Å²) < 4.78 is 34.1. The van der Waals surface area contributed by atoms with Crippen LogP contribution >= 0.6 is 0 Å². The van der Waals surface area contributed by atoms with E-state index in [1.165, 1.54) is 0 Å². The monoisotopic (exact) mass is 388 g/mol. The number of fused-ring (bicyclic) bond motifs is 3. The Balaban J connectivity index is 2.47. The van der Waals surface area contributed by atoms with Crippen molar-refractivity contribution < 1.29 is 28.4 Å². The Morgan fingerprint density at radius 1 is 0.500 bits per heavy atom. The summed E-state index contributed by atoms with van der Waals surface area (Å²) in [6.07, 6.45) is 3.93. The lowest BCUT2D eigenvalue weighted by atomic mass is 9.85. The molecule has 6 heteroatoms. The van der Waals surface area contributed by atoms with E-state index in [1.807, 2.05) is 12.1 Å². The lowest BCUT2D eigenvalue weighted by Crippen LogP contribution is -2.08. The van der Waals surface area contributed by atoms with E-state index in [2.05, 4.69) is 0 Å². The van der Waals surface area contributed by atoms with Crippen LogP contribution in [0.4, 0.5) is 0 Å². The third-order valence-electron chi connectivity index (χ3n) is 5.22. The van der Waals surface area contributed by atoms with Gasteiger partial charge in [0.2, 0.25) is 11.5 Å². The zero-order chi connectivity index (χ0) is 20.3. The van der Waals surface area contributed by atoms with Crippen LogP contribution in [0.25, 0.3) is 11.1 Å². The van der Waals surface area contributed by atoms with Crippen molar-refractivity contribution in [1.82, 2.24) is 0 Å². The van der Waals surface area contributed by atoms with Crippen LogP contribution in [0, 0.1) is 0 Å². The third-order valence-corrected chi connectivity index (χ3v) is 5.22. The van der Waals surface area contributed by atoms with Crippen molar-refractivity contribution in [2.45, 2.75) is 25.7 Å². The van der Waals surface area contributed by atoms with Crippen LogP contribution in [-0.2, 0) is 12.8 Å². The fraction of sp³-hybridized carbons (Fsp3) is 0.455. The Morgan fingerprint density at radius 3 is 1.14 bits per heavy atom. The predicted octanol–water partition coefficient (Wildman–Crippen LogP) is 4.28. The van der Waals surface area contributed by atoms with Gasteiger partial charge in [-0.1, -0.05) is 0 Å². The van der Waals surface area contributed by atoms with Crippen LogP contribution in [0.2, 0.25) is 0 Å². The average Bonchev–Trinajstić information content (AvgIpc) is 2.72. The standard InChI is InChI=1S/C22H28O6/c1-23-15-11-13-9-7-8-10-14-12-16(24-2)20(26-4)22(28-6)18(14)17(13)21(27-5)19(15)25-3/h11-12H,7-10H2,1-6H3. The second kappa shape index (κ2) is 8.50. The normalized spacial score (nSPS) is 12.8. The Bertz CT molecular complexity index is 788. The second-order valence-corrected chi connectivity index (χ2v) is 6.57. The maximum atomic E-state index is 5.83. The van der Waals surface area contributed by atoms with Gasteiger partial charge in [-0.25, -0.2) is 0 Å². The molecule has 0 aromatic heterocycles.